The van der Waals surface area contributed by atoms with Crippen molar-refractivity contribution < 1.29 is 19.0 Å². The average molecular weight is 431 g/mol. The van der Waals surface area contributed by atoms with Gasteiger partial charge in [0.25, 0.3) is 5.56 Å². The smallest absolute Gasteiger partial charge is 0.305 e. The van der Waals surface area contributed by atoms with Crippen LogP contribution in [0.3, 0.4) is 0 Å². The van der Waals surface area contributed by atoms with Crippen molar-refractivity contribution >= 4 is 27.5 Å². The number of aromatic nitrogens is 2. The Morgan fingerprint density at radius 3 is 2.70 bits per heavy atom. The molecular weight excluding hydrogens is 404 g/mol. The molecule has 160 valence electrons. The Bertz CT molecular complexity index is 1100. The number of benzene rings is 1. The summed E-state index contributed by atoms with van der Waals surface area (Å²) in [6.45, 7) is 2.85. The van der Waals surface area contributed by atoms with Crippen molar-refractivity contribution in [1.29, 1.82) is 0 Å². The molecule has 3 aromatic rings. The Morgan fingerprint density at radius 2 is 2.00 bits per heavy atom. The summed E-state index contributed by atoms with van der Waals surface area (Å²) in [5, 5.41) is 2.53. The molecule has 0 radical (unpaired) electrons. The summed E-state index contributed by atoms with van der Waals surface area (Å²) in [4.78, 5) is 30.5. The van der Waals surface area contributed by atoms with Crippen LogP contribution in [0, 0.1) is 6.92 Å². The highest BCUT2D eigenvalue weighted by Gasteiger charge is 2.19. The van der Waals surface area contributed by atoms with Crippen LogP contribution in [-0.2, 0) is 27.2 Å². The highest BCUT2D eigenvalue weighted by molar-refractivity contribution is 7.17. The van der Waals surface area contributed by atoms with Crippen molar-refractivity contribution in [3.05, 3.63) is 45.3 Å². The quantitative estimate of drug-likeness (QED) is 0.483. The zero-order valence-corrected chi connectivity index (χ0v) is 18.5. The van der Waals surface area contributed by atoms with Gasteiger partial charge in [0.1, 0.15) is 16.4 Å². The molecule has 0 N–H and O–H groups in total. The minimum absolute atomic E-state index is 0.115. The molecule has 8 heteroatoms. The van der Waals surface area contributed by atoms with E-state index in [1.54, 1.807) is 18.8 Å². The number of hydrogen-bond donors (Lipinski definition) is 0. The molecule has 0 bridgehead atoms. The number of carbonyl (C=O) groups excluding carboxylic acids is 1. The summed E-state index contributed by atoms with van der Waals surface area (Å²) < 4.78 is 17.1. The summed E-state index contributed by atoms with van der Waals surface area (Å²) in [6, 6.07) is 5.90. The highest BCUT2D eigenvalue weighted by atomic mass is 32.1. The molecule has 0 aliphatic heterocycles. The molecule has 30 heavy (non-hydrogen) atoms. The van der Waals surface area contributed by atoms with E-state index >= 15 is 0 Å². The molecule has 0 amide bonds. The first-order valence-corrected chi connectivity index (χ1v) is 10.6. The van der Waals surface area contributed by atoms with E-state index in [1.165, 1.54) is 18.4 Å². The van der Waals surface area contributed by atoms with E-state index in [9.17, 15) is 9.59 Å². The molecule has 1 aromatic carbocycles. The van der Waals surface area contributed by atoms with Gasteiger partial charge in [-0.15, -0.1) is 11.3 Å². The lowest BCUT2D eigenvalue weighted by molar-refractivity contribution is -0.140. The van der Waals surface area contributed by atoms with Gasteiger partial charge in [0.05, 0.1) is 26.2 Å². The van der Waals surface area contributed by atoms with Crippen LogP contribution in [0.1, 0.15) is 24.2 Å². The SMILES string of the molecule is COCCc1nc2scc(-c3cc(C)ccc3OC)c2c(=O)n1CCCC(=O)OC. The lowest BCUT2D eigenvalue weighted by Crippen LogP contribution is -2.26. The number of rotatable bonds is 9. The van der Waals surface area contributed by atoms with E-state index in [-0.39, 0.29) is 17.9 Å². The third-order valence-electron chi connectivity index (χ3n) is 4.94. The minimum Gasteiger partial charge on any atom is -0.496 e. The van der Waals surface area contributed by atoms with Crippen molar-refractivity contribution in [2.75, 3.05) is 27.9 Å². The molecule has 0 saturated carbocycles. The van der Waals surface area contributed by atoms with Gasteiger partial charge in [0.15, 0.2) is 0 Å². The number of nitrogens with zero attached hydrogens (tertiary/aromatic N) is 2. The summed E-state index contributed by atoms with van der Waals surface area (Å²) in [6.07, 6.45) is 1.25. The zero-order chi connectivity index (χ0) is 21.7. The Labute approximate surface area is 179 Å². The second kappa shape index (κ2) is 9.86. The molecule has 3 rings (SSSR count). The number of methoxy groups -OCH3 is 3. The first kappa shape index (κ1) is 22.0. The van der Waals surface area contributed by atoms with Gasteiger partial charge in [-0.3, -0.25) is 14.2 Å². The molecule has 0 fully saturated rings. The van der Waals surface area contributed by atoms with Crippen LogP contribution >= 0.6 is 11.3 Å². The van der Waals surface area contributed by atoms with Gasteiger partial charge in [-0.25, -0.2) is 4.98 Å². The van der Waals surface area contributed by atoms with Crippen molar-refractivity contribution in [2.24, 2.45) is 0 Å². The van der Waals surface area contributed by atoms with Crippen LogP contribution in [0.4, 0.5) is 0 Å². The predicted octanol–water partition coefficient (Wildman–Crippen LogP) is 3.58. The maximum Gasteiger partial charge on any atom is 0.305 e. The lowest BCUT2D eigenvalue weighted by Gasteiger charge is -2.13. The second-order valence-electron chi connectivity index (χ2n) is 6.94. The molecule has 2 aromatic heterocycles. The van der Waals surface area contributed by atoms with E-state index in [0.717, 1.165) is 16.7 Å². The fourth-order valence-electron chi connectivity index (χ4n) is 3.40. The van der Waals surface area contributed by atoms with Crippen LogP contribution in [-0.4, -0.2) is 43.5 Å². The summed E-state index contributed by atoms with van der Waals surface area (Å²) in [5.41, 5.74) is 2.64. The van der Waals surface area contributed by atoms with Gasteiger partial charge in [-0.05, 0) is 25.5 Å². The summed E-state index contributed by atoms with van der Waals surface area (Å²) >= 11 is 1.44. The maximum absolute atomic E-state index is 13.5. The van der Waals surface area contributed by atoms with Gasteiger partial charge >= 0.3 is 5.97 Å². The number of thiophene rings is 1. The predicted molar refractivity (Wildman–Crippen MR) is 117 cm³/mol. The van der Waals surface area contributed by atoms with Crippen molar-refractivity contribution in [3.8, 4) is 16.9 Å². The van der Waals surface area contributed by atoms with Gasteiger partial charge in [0, 0.05) is 43.0 Å². The first-order valence-electron chi connectivity index (χ1n) is 9.71. The van der Waals surface area contributed by atoms with E-state index in [1.807, 2.05) is 30.5 Å². The van der Waals surface area contributed by atoms with Crippen molar-refractivity contribution in [3.63, 3.8) is 0 Å². The molecule has 0 aliphatic carbocycles. The Balaban J connectivity index is 2.13. The molecular formula is C22H26N2O5S. The van der Waals surface area contributed by atoms with Crippen LogP contribution < -0.4 is 10.3 Å². The number of esters is 1. The number of carbonyl (C=O) groups is 1. The topological polar surface area (TPSA) is 79.7 Å². The third kappa shape index (κ3) is 4.55. The van der Waals surface area contributed by atoms with Gasteiger partial charge in [-0.2, -0.15) is 0 Å². The number of ether oxygens (including phenoxy) is 3. The van der Waals surface area contributed by atoms with Crippen molar-refractivity contribution in [1.82, 2.24) is 9.55 Å². The fraction of sp³-hybridized carbons (Fsp3) is 0.409. The summed E-state index contributed by atoms with van der Waals surface area (Å²) in [5.74, 6) is 1.07. The lowest BCUT2D eigenvalue weighted by atomic mass is 10.0. The largest absolute Gasteiger partial charge is 0.496 e. The molecule has 2 heterocycles. The Kier molecular flexibility index (Phi) is 7.23. The molecule has 0 saturated heterocycles. The van der Waals surface area contributed by atoms with Crippen LogP contribution in [0.15, 0.2) is 28.4 Å². The molecule has 0 aliphatic rings. The third-order valence-corrected chi connectivity index (χ3v) is 5.81. The fourth-order valence-corrected chi connectivity index (χ4v) is 4.34. The van der Waals surface area contributed by atoms with Crippen LogP contribution in [0.5, 0.6) is 5.75 Å². The minimum atomic E-state index is -0.295. The normalized spacial score (nSPS) is 11.1. The number of aryl methyl sites for hydroxylation is 1. The monoisotopic (exact) mass is 430 g/mol. The van der Waals surface area contributed by atoms with Crippen LogP contribution in [0.2, 0.25) is 0 Å². The standard InChI is InChI=1S/C22H26N2O5S/c1-14-7-8-17(28-3)15(12-14)16-13-30-21-20(16)22(26)24(10-5-6-19(25)29-4)18(23-21)9-11-27-2/h7-8,12-13H,5-6,9-11H2,1-4H3. The van der Waals surface area contributed by atoms with Gasteiger partial charge < -0.3 is 14.2 Å². The van der Waals surface area contributed by atoms with E-state index in [2.05, 4.69) is 0 Å². The van der Waals surface area contributed by atoms with Crippen LogP contribution in [0.25, 0.3) is 21.3 Å². The molecule has 0 unspecified atom stereocenters. The first-order chi connectivity index (χ1) is 14.5. The molecule has 0 atom stereocenters. The highest BCUT2D eigenvalue weighted by Crippen LogP contribution is 2.37. The maximum atomic E-state index is 13.5. The number of fused-ring (bicyclic) bond motifs is 1. The van der Waals surface area contributed by atoms with E-state index in [0.29, 0.717) is 47.8 Å². The van der Waals surface area contributed by atoms with Crippen molar-refractivity contribution in [2.45, 2.75) is 32.7 Å². The molecule has 0 spiro atoms. The van der Waals surface area contributed by atoms with E-state index in [4.69, 9.17) is 19.2 Å². The Hall–Kier alpha value is -2.71. The Morgan fingerprint density at radius 1 is 1.20 bits per heavy atom. The van der Waals surface area contributed by atoms with E-state index < -0.39 is 0 Å². The number of hydrogen-bond acceptors (Lipinski definition) is 7. The summed E-state index contributed by atoms with van der Waals surface area (Å²) in [7, 11) is 4.60. The zero-order valence-electron chi connectivity index (χ0n) is 17.7. The van der Waals surface area contributed by atoms with Gasteiger partial charge in [-0.1, -0.05) is 11.6 Å². The average Bonchev–Trinajstić information content (AvgIpc) is 3.17. The molecule has 7 nitrogen and oxygen atoms in total. The van der Waals surface area contributed by atoms with Gasteiger partial charge in [0.2, 0.25) is 0 Å². The second-order valence-corrected chi connectivity index (χ2v) is 7.80.